The molecular formula is C15H18ClF3N6OS. The minimum atomic E-state index is -4.43. The van der Waals surface area contributed by atoms with Gasteiger partial charge in [-0.2, -0.15) is 17.5 Å². The fourth-order valence-corrected chi connectivity index (χ4v) is 5.23. The first-order chi connectivity index (χ1) is 12.6. The summed E-state index contributed by atoms with van der Waals surface area (Å²) in [6.45, 7) is 0.0971. The molecule has 7 nitrogen and oxygen atoms in total. The number of nitrogens with two attached hydrogens (primary N) is 1. The third kappa shape index (κ3) is 3.30. The second kappa shape index (κ2) is 6.29. The minimum absolute atomic E-state index is 0.0832. The summed E-state index contributed by atoms with van der Waals surface area (Å²) in [5, 5.41) is 5.80. The molecule has 1 aliphatic carbocycles. The van der Waals surface area contributed by atoms with Crippen molar-refractivity contribution in [2.75, 3.05) is 24.5 Å². The monoisotopic (exact) mass is 422 g/mol. The van der Waals surface area contributed by atoms with Crippen LogP contribution in [0.4, 0.5) is 19.0 Å². The molecule has 1 saturated heterocycles. The van der Waals surface area contributed by atoms with Crippen molar-refractivity contribution in [1.29, 1.82) is 0 Å². The zero-order valence-corrected chi connectivity index (χ0v) is 16.0. The Morgan fingerprint density at radius 3 is 2.67 bits per heavy atom. The lowest BCUT2D eigenvalue weighted by Crippen LogP contribution is -2.67. The van der Waals surface area contributed by atoms with Gasteiger partial charge in [0.15, 0.2) is 17.0 Å². The predicted molar refractivity (Wildman–Crippen MR) is 96.3 cm³/mol. The van der Waals surface area contributed by atoms with Crippen molar-refractivity contribution in [3.8, 4) is 0 Å². The van der Waals surface area contributed by atoms with Crippen LogP contribution in [0.1, 0.15) is 12.8 Å². The van der Waals surface area contributed by atoms with E-state index < -0.39 is 29.9 Å². The van der Waals surface area contributed by atoms with Crippen molar-refractivity contribution >= 4 is 39.6 Å². The Bertz CT molecular complexity index is 905. The largest absolute Gasteiger partial charge is 0.402 e. The molecule has 0 bridgehead atoms. The quantitative estimate of drug-likeness (QED) is 0.817. The highest BCUT2D eigenvalue weighted by molar-refractivity contribution is 7.80. The summed E-state index contributed by atoms with van der Waals surface area (Å²) in [6, 6.07) is -0.422. The standard InChI is InChI=1S/C15H18ClF3N6OS/c1-23-4-10(16)11-12(23)13(22-8-21-11)24-5-14(6-24)2-9(3-14)25(27(20)26)7-15(17,18)19/h4,8-9H,2-3,5-7,20H2,1H3. The molecule has 2 N–H and O–H groups in total. The van der Waals surface area contributed by atoms with E-state index in [0.717, 1.165) is 15.6 Å². The summed E-state index contributed by atoms with van der Waals surface area (Å²) in [6.07, 6.45) is -0.136. The fourth-order valence-electron chi connectivity index (χ4n) is 4.23. The molecule has 2 aromatic heterocycles. The van der Waals surface area contributed by atoms with Gasteiger partial charge >= 0.3 is 6.18 Å². The zero-order valence-electron chi connectivity index (χ0n) is 14.4. The smallest absolute Gasteiger partial charge is 0.354 e. The van der Waals surface area contributed by atoms with Crippen LogP contribution in [0.5, 0.6) is 0 Å². The predicted octanol–water partition coefficient (Wildman–Crippen LogP) is 1.99. The second-order valence-corrected chi connectivity index (χ2v) is 8.80. The third-order valence-electron chi connectivity index (χ3n) is 5.35. The van der Waals surface area contributed by atoms with Crippen molar-refractivity contribution < 1.29 is 17.4 Å². The van der Waals surface area contributed by atoms with Crippen LogP contribution in [0, 0.1) is 5.41 Å². The molecule has 0 amide bonds. The average Bonchev–Trinajstić information content (AvgIpc) is 2.77. The van der Waals surface area contributed by atoms with Gasteiger partial charge in [-0.25, -0.2) is 19.3 Å². The van der Waals surface area contributed by atoms with E-state index in [2.05, 4.69) is 14.9 Å². The second-order valence-electron chi connectivity index (χ2n) is 7.37. The number of aromatic nitrogens is 3. The molecular weight excluding hydrogens is 405 g/mol. The van der Waals surface area contributed by atoms with Crippen molar-refractivity contribution in [3.63, 3.8) is 0 Å². The molecule has 1 aliphatic heterocycles. The Labute approximate surface area is 161 Å². The van der Waals surface area contributed by atoms with E-state index in [1.165, 1.54) is 6.33 Å². The molecule has 1 spiro atoms. The molecule has 2 aliphatic rings. The van der Waals surface area contributed by atoms with E-state index in [0.29, 0.717) is 36.5 Å². The molecule has 2 fully saturated rings. The summed E-state index contributed by atoms with van der Waals surface area (Å²) in [5.74, 6) is 0.762. The van der Waals surface area contributed by atoms with Gasteiger partial charge in [0.05, 0.1) is 5.02 Å². The summed E-state index contributed by atoms with van der Waals surface area (Å²) in [7, 11) is 1.86. The van der Waals surface area contributed by atoms with Gasteiger partial charge in [-0.1, -0.05) is 11.6 Å². The Kier molecular flexibility index (Phi) is 4.41. The highest BCUT2D eigenvalue weighted by Crippen LogP contribution is 2.52. The molecule has 2 aromatic rings. The summed E-state index contributed by atoms with van der Waals surface area (Å²) < 4.78 is 52.3. The van der Waals surface area contributed by atoms with Gasteiger partial charge in [0.25, 0.3) is 0 Å². The van der Waals surface area contributed by atoms with E-state index >= 15 is 0 Å². The first-order valence-corrected chi connectivity index (χ1v) is 9.83. The van der Waals surface area contributed by atoms with Crippen molar-refractivity contribution in [3.05, 3.63) is 17.5 Å². The van der Waals surface area contributed by atoms with Crippen LogP contribution in [0.15, 0.2) is 12.5 Å². The number of hydrogen-bond acceptors (Lipinski definition) is 4. The fraction of sp³-hybridized carbons (Fsp3) is 0.600. The van der Waals surface area contributed by atoms with Gasteiger partial charge < -0.3 is 9.47 Å². The molecule has 3 heterocycles. The topological polar surface area (TPSA) is 80.3 Å². The number of anilines is 1. The normalized spacial score (nSPS) is 20.9. The molecule has 1 atom stereocenters. The van der Waals surface area contributed by atoms with Gasteiger partial charge in [0.1, 0.15) is 23.9 Å². The van der Waals surface area contributed by atoms with Gasteiger partial charge in [0, 0.05) is 37.8 Å². The maximum Gasteiger partial charge on any atom is 0.402 e. The Hall–Kier alpha value is -1.43. The molecule has 1 unspecified atom stereocenters. The van der Waals surface area contributed by atoms with Crippen LogP contribution in [0.25, 0.3) is 11.0 Å². The first kappa shape index (κ1) is 18.9. The van der Waals surface area contributed by atoms with Crippen molar-refractivity contribution in [2.24, 2.45) is 17.6 Å². The Morgan fingerprint density at radius 1 is 1.41 bits per heavy atom. The lowest BCUT2D eigenvalue weighted by atomic mass is 9.60. The molecule has 27 heavy (non-hydrogen) atoms. The van der Waals surface area contributed by atoms with Crippen LogP contribution in [0.2, 0.25) is 5.02 Å². The van der Waals surface area contributed by atoms with Crippen molar-refractivity contribution in [2.45, 2.75) is 25.1 Å². The molecule has 148 valence electrons. The molecule has 0 radical (unpaired) electrons. The maximum absolute atomic E-state index is 12.7. The molecule has 12 heteroatoms. The number of hydrogen-bond donors (Lipinski definition) is 1. The van der Waals surface area contributed by atoms with E-state index in [1.54, 1.807) is 6.20 Å². The van der Waals surface area contributed by atoms with Gasteiger partial charge in [-0.05, 0) is 12.8 Å². The van der Waals surface area contributed by atoms with Gasteiger partial charge in [-0.3, -0.25) is 0 Å². The number of alkyl halides is 3. The Morgan fingerprint density at radius 2 is 2.07 bits per heavy atom. The minimum Gasteiger partial charge on any atom is -0.354 e. The Balaban J connectivity index is 1.45. The molecule has 1 saturated carbocycles. The SMILES string of the molecule is Cn1cc(Cl)c2ncnc(N3CC4(CC(N(CC(F)(F)F)S(N)=O)C4)C3)c21. The maximum atomic E-state index is 12.7. The lowest BCUT2D eigenvalue weighted by molar-refractivity contribution is -0.146. The average molecular weight is 423 g/mol. The van der Waals surface area contributed by atoms with Crippen LogP contribution in [-0.2, 0) is 18.2 Å². The van der Waals surface area contributed by atoms with Crippen LogP contribution in [0.3, 0.4) is 0 Å². The summed E-state index contributed by atoms with van der Waals surface area (Å²) in [4.78, 5) is 10.6. The first-order valence-electron chi connectivity index (χ1n) is 8.29. The third-order valence-corrected chi connectivity index (χ3v) is 6.52. The number of fused-ring (bicyclic) bond motifs is 1. The van der Waals surface area contributed by atoms with E-state index in [9.17, 15) is 17.4 Å². The van der Waals surface area contributed by atoms with Gasteiger partial charge in [-0.15, -0.1) is 0 Å². The zero-order chi connectivity index (χ0) is 19.6. The van der Waals surface area contributed by atoms with E-state index in [4.69, 9.17) is 16.7 Å². The van der Waals surface area contributed by atoms with Gasteiger partial charge in [0.2, 0.25) is 0 Å². The highest BCUT2D eigenvalue weighted by Gasteiger charge is 2.56. The summed E-state index contributed by atoms with van der Waals surface area (Å²) >= 11 is 4.04. The molecule has 0 aromatic carbocycles. The number of aryl methyl sites for hydroxylation is 1. The van der Waals surface area contributed by atoms with Crippen molar-refractivity contribution in [1.82, 2.24) is 18.8 Å². The van der Waals surface area contributed by atoms with Crippen LogP contribution < -0.4 is 10.0 Å². The summed E-state index contributed by atoms with van der Waals surface area (Å²) in [5.41, 5.74) is 1.42. The van der Waals surface area contributed by atoms with Crippen LogP contribution in [-0.4, -0.2) is 54.9 Å². The van der Waals surface area contributed by atoms with E-state index in [-0.39, 0.29) is 5.41 Å². The number of rotatable bonds is 4. The highest BCUT2D eigenvalue weighted by atomic mass is 35.5. The lowest BCUT2D eigenvalue weighted by Gasteiger charge is -2.60. The number of halogens is 4. The van der Waals surface area contributed by atoms with E-state index in [1.807, 2.05) is 11.6 Å². The molecule has 4 rings (SSSR count). The number of nitrogens with zero attached hydrogens (tertiary/aromatic N) is 5. The van der Waals surface area contributed by atoms with Crippen LogP contribution >= 0.6 is 11.6 Å².